The molecule has 1 aromatic carbocycles. The summed E-state index contributed by atoms with van der Waals surface area (Å²) in [7, 11) is 0. The molecule has 0 bridgehead atoms. The first kappa shape index (κ1) is 17.1. The van der Waals surface area contributed by atoms with Crippen LogP contribution in [0.2, 0.25) is 5.02 Å². The van der Waals surface area contributed by atoms with Crippen LogP contribution in [0.15, 0.2) is 29.3 Å². The molecule has 1 fully saturated rings. The van der Waals surface area contributed by atoms with E-state index in [1.165, 1.54) is 5.56 Å². The van der Waals surface area contributed by atoms with Crippen molar-refractivity contribution in [2.75, 3.05) is 26.3 Å². The molecule has 1 saturated carbocycles. The largest absolute Gasteiger partial charge is 0.382 e. The minimum absolute atomic E-state index is 0.447. The standard InChI is InChI=1S/C17H26ClN3O/c1-3-19-17(20-9-6-10-22-4-2)21-16-12-15(16)13-7-5-8-14(18)11-13/h5,7-8,11,15-16H,3-4,6,9-10,12H2,1-2H3,(H2,19,20,21). The van der Waals surface area contributed by atoms with Gasteiger partial charge in [0.25, 0.3) is 0 Å². The second-order valence-corrected chi connectivity index (χ2v) is 5.90. The average Bonchev–Trinajstić information content (AvgIpc) is 3.26. The number of hydrogen-bond acceptors (Lipinski definition) is 2. The lowest BCUT2D eigenvalue weighted by Crippen LogP contribution is -2.39. The molecule has 0 amide bonds. The van der Waals surface area contributed by atoms with E-state index in [0.717, 1.165) is 50.1 Å². The number of rotatable bonds is 8. The first-order valence-corrected chi connectivity index (χ1v) is 8.50. The van der Waals surface area contributed by atoms with Gasteiger partial charge in [0.15, 0.2) is 5.96 Å². The van der Waals surface area contributed by atoms with Crippen molar-refractivity contribution in [1.29, 1.82) is 0 Å². The molecule has 2 unspecified atom stereocenters. The fourth-order valence-corrected chi connectivity index (χ4v) is 2.66. The van der Waals surface area contributed by atoms with E-state index in [1.54, 1.807) is 0 Å². The van der Waals surface area contributed by atoms with Crippen LogP contribution in [0.4, 0.5) is 0 Å². The Hall–Kier alpha value is -1.26. The minimum atomic E-state index is 0.447. The molecule has 2 atom stereocenters. The van der Waals surface area contributed by atoms with E-state index in [9.17, 15) is 0 Å². The molecule has 5 heteroatoms. The van der Waals surface area contributed by atoms with E-state index < -0.39 is 0 Å². The number of nitrogens with zero attached hydrogens (tertiary/aromatic N) is 1. The minimum Gasteiger partial charge on any atom is -0.382 e. The summed E-state index contributed by atoms with van der Waals surface area (Å²) in [6, 6.07) is 8.58. The summed E-state index contributed by atoms with van der Waals surface area (Å²) in [5.41, 5.74) is 1.30. The molecular formula is C17H26ClN3O. The third-order valence-corrected chi connectivity index (χ3v) is 3.89. The van der Waals surface area contributed by atoms with Gasteiger partial charge in [0, 0.05) is 43.3 Å². The van der Waals surface area contributed by atoms with Gasteiger partial charge in [-0.15, -0.1) is 0 Å². The van der Waals surface area contributed by atoms with Gasteiger partial charge < -0.3 is 15.4 Å². The van der Waals surface area contributed by atoms with Crippen LogP contribution in [0.1, 0.15) is 38.2 Å². The van der Waals surface area contributed by atoms with E-state index in [1.807, 2.05) is 19.1 Å². The number of halogens is 1. The number of nitrogens with one attached hydrogen (secondary N) is 2. The van der Waals surface area contributed by atoms with Crippen LogP contribution in [0.25, 0.3) is 0 Å². The maximum atomic E-state index is 6.06. The summed E-state index contributed by atoms with van der Waals surface area (Å²) in [5, 5.41) is 7.61. The predicted octanol–water partition coefficient (Wildman–Crippen LogP) is 3.18. The van der Waals surface area contributed by atoms with Crippen molar-refractivity contribution in [1.82, 2.24) is 10.6 Å². The van der Waals surface area contributed by atoms with Crippen LogP contribution < -0.4 is 10.6 Å². The van der Waals surface area contributed by atoms with Gasteiger partial charge in [-0.25, -0.2) is 0 Å². The summed E-state index contributed by atoms with van der Waals surface area (Å²) in [6.45, 7) is 7.28. The second kappa shape index (κ2) is 9.01. The monoisotopic (exact) mass is 323 g/mol. The Labute approximate surface area is 138 Å². The maximum Gasteiger partial charge on any atom is 0.191 e. The number of hydrogen-bond donors (Lipinski definition) is 2. The van der Waals surface area contributed by atoms with Crippen molar-refractivity contribution >= 4 is 17.6 Å². The highest BCUT2D eigenvalue weighted by atomic mass is 35.5. The van der Waals surface area contributed by atoms with Crippen LogP contribution in [-0.2, 0) is 4.74 Å². The molecule has 0 aromatic heterocycles. The van der Waals surface area contributed by atoms with E-state index in [2.05, 4.69) is 34.7 Å². The summed E-state index contributed by atoms with van der Waals surface area (Å²) in [6.07, 6.45) is 2.08. The highest BCUT2D eigenvalue weighted by molar-refractivity contribution is 6.30. The lowest BCUT2D eigenvalue weighted by molar-refractivity contribution is 0.146. The molecule has 1 aliphatic rings. The quantitative estimate of drug-likeness (QED) is 0.439. The second-order valence-electron chi connectivity index (χ2n) is 5.46. The van der Waals surface area contributed by atoms with E-state index in [0.29, 0.717) is 12.0 Å². The van der Waals surface area contributed by atoms with Crippen LogP contribution in [-0.4, -0.2) is 38.3 Å². The Morgan fingerprint density at radius 1 is 1.41 bits per heavy atom. The molecule has 0 saturated heterocycles. The van der Waals surface area contributed by atoms with Crippen molar-refractivity contribution in [3.8, 4) is 0 Å². The molecule has 2 rings (SSSR count). The van der Waals surface area contributed by atoms with Gasteiger partial charge in [0.05, 0.1) is 0 Å². The Kier molecular flexibility index (Phi) is 7.00. The molecule has 1 aliphatic carbocycles. The summed E-state index contributed by atoms with van der Waals surface area (Å²) < 4.78 is 5.33. The van der Waals surface area contributed by atoms with Gasteiger partial charge in [0.2, 0.25) is 0 Å². The molecule has 22 heavy (non-hydrogen) atoms. The Morgan fingerprint density at radius 3 is 3.00 bits per heavy atom. The predicted molar refractivity (Wildman–Crippen MR) is 92.8 cm³/mol. The first-order valence-electron chi connectivity index (χ1n) is 8.12. The van der Waals surface area contributed by atoms with Crippen molar-refractivity contribution in [3.63, 3.8) is 0 Å². The molecule has 1 aromatic rings. The van der Waals surface area contributed by atoms with Crippen molar-refractivity contribution in [2.45, 2.75) is 38.6 Å². The molecule has 0 heterocycles. The van der Waals surface area contributed by atoms with Gasteiger partial charge >= 0.3 is 0 Å². The first-order chi connectivity index (χ1) is 10.7. The zero-order chi connectivity index (χ0) is 15.8. The summed E-state index contributed by atoms with van der Waals surface area (Å²) in [5.74, 6) is 1.43. The van der Waals surface area contributed by atoms with Crippen molar-refractivity contribution in [3.05, 3.63) is 34.9 Å². The number of benzene rings is 1. The molecular weight excluding hydrogens is 298 g/mol. The van der Waals surface area contributed by atoms with E-state index in [4.69, 9.17) is 16.3 Å². The van der Waals surface area contributed by atoms with Crippen molar-refractivity contribution in [2.24, 2.45) is 4.99 Å². The molecule has 2 N–H and O–H groups in total. The molecule has 0 radical (unpaired) electrons. The fourth-order valence-electron chi connectivity index (χ4n) is 2.46. The zero-order valence-electron chi connectivity index (χ0n) is 13.4. The van der Waals surface area contributed by atoms with Crippen LogP contribution in [0.5, 0.6) is 0 Å². The third kappa shape index (κ3) is 5.50. The molecule has 4 nitrogen and oxygen atoms in total. The molecule has 122 valence electrons. The van der Waals surface area contributed by atoms with Gasteiger partial charge in [-0.3, -0.25) is 4.99 Å². The molecule has 0 aliphatic heterocycles. The van der Waals surface area contributed by atoms with Crippen LogP contribution >= 0.6 is 11.6 Å². The van der Waals surface area contributed by atoms with Crippen molar-refractivity contribution < 1.29 is 4.74 Å². The fraction of sp³-hybridized carbons (Fsp3) is 0.588. The maximum absolute atomic E-state index is 6.06. The Bertz CT molecular complexity index is 493. The number of aliphatic imine (C=N–C) groups is 1. The SMILES string of the molecule is CCNC(=NCCCOCC)NC1CC1c1cccc(Cl)c1. The van der Waals surface area contributed by atoms with E-state index >= 15 is 0 Å². The highest BCUT2D eigenvalue weighted by Gasteiger charge is 2.39. The van der Waals surface area contributed by atoms with Gasteiger partial charge in [-0.1, -0.05) is 23.7 Å². The lowest BCUT2D eigenvalue weighted by Gasteiger charge is -2.11. The Morgan fingerprint density at radius 2 is 2.27 bits per heavy atom. The highest BCUT2D eigenvalue weighted by Crippen LogP contribution is 2.41. The zero-order valence-corrected chi connectivity index (χ0v) is 14.2. The van der Waals surface area contributed by atoms with Gasteiger partial charge in [-0.2, -0.15) is 0 Å². The number of guanidine groups is 1. The summed E-state index contributed by atoms with van der Waals surface area (Å²) in [4.78, 5) is 4.60. The van der Waals surface area contributed by atoms with Gasteiger partial charge in [0.1, 0.15) is 0 Å². The smallest absolute Gasteiger partial charge is 0.191 e. The Balaban J connectivity index is 1.81. The molecule has 0 spiro atoms. The van der Waals surface area contributed by atoms with Gasteiger partial charge in [-0.05, 0) is 44.4 Å². The topological polar surface area (TPSA) is 45.7 Å². The normalized spacial score (nSPS) is 20.8. The average molecular weight is 324 g/mol. The summed E-state index contributed by atoms with van der Waals surface area (Å²) >= 11 is 6.06. The van der Waals surface area contributed by atoms with Crippen LogP contribution in [0.3, 0.4) is 0 Å². The lowest BCUT2D eigenvalue weighted by atomic mass is 10.1. The van der Waals surface area contributed by atoms with E-state index in [-0.39, 0.29) is 0 Å². The number of ether oxygens (including phenoxy) is 1. The third-order valence-electron chi connectivity index (χ3n) is 3.65. The van der Waals surface area contributed by atoms with Crippen LogP contribution in [0, 0.1) is 0 Å².